The van der Waals surface area contributed by atoms with Crippen molar-refractivity contribution in [1.29, 1.82) is 0 Å². The van der Waals surface area contributed by atoms with E-state index in [0.717, 1.165) is 4.90 Å². The van der Waals surface area contributed by atoms with Crippen molar-refractivity contribution >= 4 is 33.7 Å². The number of carbonyl (C=O) groups is 3. The van der Waals surface area contributed by atoms with Crippen LogP contribution in [0.1, 0.15) is 10.4 Å². The van der Waals surface area contributed by atoms with Gasteiger partial charge in [0, 0.05) is 6.20 Å². The van der Waals surface area contributed by atoms with E-state index in [2.05, 4.69) is 20.9 Å². The van der Waals surface area contributed by atoms with Gasteiger partial charge in [-0.3, -0.25) is 14.4 Å². The number of rotatable bonds is 5. The number of amides is 2. The van der Waals surface area contributed by atoms with Gasteiger partial charge in [-0.15, -0.1) is 0 Å². The summed E-state index contributed by atoms with van der Waals surface area (Å²) in [5, 5.41) is 8.69. The lowest BCUT2D eigenvalue weighted by Crippen LogP contribution is -2.41. The first-order valence-electron chi connectivity index (χ1n) is 4.81. The second-order valence-corrected chi connectivity index (χ2v) is 4.11. The average molecular weight is 316 g/mol. The number of carboxylic acids is 1. The molecule has 2 amide bonds. The van der Waals surface area contributed by atoms with Gasteiger partial charge in [0.15, 0.2) is 0 Å². The molecule has 1 aromatic rings. The average Bonchev–Trinajstić information content (AvgIpc) is 2.26. The summed E-state index contributed by atoms with van der Waals surface area (Å²) in [4.78, 5) is 38.2. The monoisotopic (exact) mass is 315 g/mol. The summed E-state index contributed by atoms with van der Waals surface area (Å²) >= 11 is 3.08. The van der Waals surface area contributed by atoms with Crippen LogP contribution in [0, 0.1) is 0 Å². The summed E-state index contributed by atoms with van der Waals surface area (Å²) in [5.74, 6) is -2.65. The molecule has 0 aliphatic rings. The number of pyridine rings is 1. The van der Waals surface area contributed by atoms with Crippen LogP contribution in [0.25, 0.3) is 0 Å². The highest BCUT2D eigenvalue weighted by molar-refractivity contribution is 9.10. The lowest BCUT2D eigenvalue weighted by Gasteiger charge is -2.19. The predicted molar refractivity (Wildman–Crippen MR) is 64.7 cm³/mol. The third kappa shape index (κ3) is 3.81. The Balaban J connectivity index is 2.98. The minimum absolute atomic E-state index is 0.167. The Morgan fingerprint density at radius 1 is 1.39 bits per heavy atom. The summed E-state index contributed by atoms with van der Waals surface area (Å²) in [6.45, 7) is -1.07. The van der Waals surface area contributed by atoms with Gasteiger partial charge in [0.25, 0.3) is 5.91 Å². The summed E-state index contributed by atoms with van der Waals surface area (Å²) < 4.78 is 0.273. The normalized spacial score (nSPS) is 9.83. The molecule has 8 heteroatoms. The van der Waals surface area contributed by atoms with Crippen molar-refractivity contribution in [1.82, 2.24) is 9.88 Å². The number of hydrogen-bond donors (Lipinski definition) is 2. The van der Waals surface area contributed by atoms with E-state index >= 15 is 0 Å². The zero-order valence-electron chi connectivity index (χ0n) is 9.17. The minimum atomic E-state index is -1.23. The number of carboxylic acid groups (broad SMARTS) is 1. The molecule has 0 atom stereocenters. The minimum Gasteiger partial charge on any atom is -0.480 e. The fourth-order valence-electron chi connectivity index (χ4n) is 1.27. The number of hydrogen-bond acceptors (Lipinski definition) is 4. The molecule has 0 saturated heterocycles. The lowest BCUT2D eigenvalue weighted by molar-refractivity contribution is -0.138. The Morgan fingerprint density at radius 3 is 2.56 bits per heavy atom. The first-order valence-corrected chi connectivity index (χ1v) is 5.61. The number of carbonyl (C=O) groups excluding carboxylic acids is 2. The van der Waals surface area contributed by atoms with Crippen LogP contribution in [-0.4, -0.2) is 45.9 Å². The van der Waals surface area contributed by atoms with Gasteiger partial charge >= 0.3 is 5.97 Å². The van der Waals surface area contributed by atoms with Crippen molar-refractivity contribution in [2.45, 2.75) is 0 Å². The summed E-state index contributed by atoms with van der Waals surface area (Å²) in [6.07, 6.45) is 1.47. The number of nitrogens with two attached hydrogens (primary N) is 1. The van der Waals surface area contributed by atoms with E-state index in [-0.39, 0.29) is 10.2 Å². The molecule has 96 valence electrons. The van der Waals surface area contributed by atoms with Crippen LogP contribution in [-0.2, 0) is 9.59 Å². The zero-order valence-corrected chi connectivity index (χ0v) is 10.8. The molecule has 0 radical (unpaired) electrons. The smallest absolute Gasteiger partial charge is 0.323 e. The second kappa shape index (κ2) is 6.10. The number of nitrogens with zero attached hydrogens (tertiary/aromatic N) is 2. The highest BCUT2D eigenvalue weighted by atomic mass is 79.9. The summed E-state index contributed by atoms with van der Waals surface area (Å²) in [6, 6.07) is 3.00. The Labute approximate surface area is 111 Å². The van der Waals surface area contributed by atoms with E-state index < -0.39 is 30.9 Å². The number of aromatic nitrogens is 1. The largest absolute Gasteiger partial charge is 0.480 e. The third-order valence-corrected chi connectivity index (χ3v) is 2.58. The lowest BCUT2D eigenvalue weighted by atomic mass is 10.2. The standard InChI is InChI=1S/C10H10BrN3O4/c11-9-6(2-1-3-13-9)10(18)14(4-7(12)15)5-8(16)17/h1-3H,4-5H2,(H2,12,15)(H,16,17). The van der Waals surface area contributed by atoms with E-state index in [4.69, 9.17) is 10.8 Å². The van der Waals surface area contributed by atoms with Crippen LogP contribution >= 0.6 is 15.9 Å². The molecule has 0 unspecified atom stereocenters. The van der Waals surface area contributed by atoms with E-state index in [9.17, 15) is 14.4 Å². The number of halogens is 1. The van der Waals surface area contributed by atoms with Gasteiger partial charge in [-0.25, -0.2) is 4.98 Å². The maximum Gasteiger partial charge on any atom is 0.323 e. The van der Waals surface area contributed by atoms with E-state index in [0.29, 0.717) is 0 Å². The second-order valence-electron chi connectivity index (χ2n) is 3.36. The van der Waals surface area contributed by atoms with Gasteiger partial charge in [-0.1, -0.05) is 0 Å². The van der Waals surface area contributed by atoms with Crippen LogP contribution in [0.3, 0.4) is 0 Å². The summed E-state index contributed by atoms with van der Waals surface area (Å²) in [5.41, 5.74) is 5.14. The van der Waals surface area contributed by atoms with Crippen molar-refractivity contribution in [3.8, 4) is 0 Å². The molecule has 3 N–H and O–H groups in total. The number of primary amides is 1. The molecule has 1 heterocycles. The fourth-order valence-corrected chi connectivity index (χ4v) is 1.69. The van der Waals surface area contributed by atoms with Gasteiger partial charge in [-0.2, -0.15) is 0 Å². The first kappa shape index (κ1) is 14.1. The summed E-state index contributed by atoms with van der Waals surface area (Å²) in [7, 11) is 0. The maximum absolute atomic E-state index is 12.0. The van der Waals surface area contributed by atoms with E-state index in [1.54, 1.807) is 0 Å². The Bertz CT molecular complexity index is 476. The fraction of sp³-hybridized carbons (Fsp3) is 0.200. The van der Waals surface area contributed by atoms with Gasteiger partial charge in [-0.05, 0) is 28.1 Å². The van der Waals surface area contributed by atoms with Crippen LogP contribution in [0.5, 0.6) is 0 Å². The Morgan fingerprint density at radius 2 is 2.06 bits per heavy atom. The van der Waals surface area contributed by atoms with Crippen molar-refractivity contribution in [3.05, 3.63) is 28.5 Å². The van der Waals surface area contributed by atoms with Gasteiger partial charge in [0.05, 0.1) is 5.56 Å². The molecule has 7 nitrogen and oxygen atoms in total. The third-order valence-electron chi connectivity index (χ3n) is 1.95. The molecule has 1 rings (SSSR count). The van der Waals surface area contributed by atoms with Gasteiger partial charge in [0.2, 0.25) is 5.91 Å². The highest BCUT2D eigenvalue weighted by Gasteiger charge is 2.22. The molecule has 0 spiro atoms. The highest BCUT2D eigenvalue weighted by Crippen LogP contribution is 2.14. The van der Waals surface area contributed by atoms with E-state index in [1.165, 1.54) is 18.3 Å². The molecular weight excluding hydrogens is 306 g/mol. The van der Waals surface area contributed by atoms with Crippen LogP contribution < -0.4 is 5.73 Å². The van der Waals surface area contributed by atoms with Crippen LogP contribution in [0.15, 0.2) is 22.9 Å². The first-order chi connectivity index (χ1) is 8.41. The van der Waals surface area contributed by atoms with Crippen molar-refractivity contribution in [3.63, 3.8) is 0 Å². The molecular formula is C10H10BrN3O4. The quantitative estimate of drug-likeness (QED) is 0.734. The molecule has 1 aromatic heterocycles. The number of aliphatic carboxylic acids is 1. The van der Waals surface area contributed by atoms with E-state index in [1.807, 2.05) is 0 Å². The molecule has 0 aliphatic heterocycles. The predicted octanol–water partition coefficient (Wildman–Crippen LogP) is -0.144. The van der Waals surface area contributed by atoms with Crippen molar-refractivity contribution in [2.75, 3.05) is 13.1 Å². The van der Waals surface area contributed by atoms with Crippen molar-refractivity contribution in [2.24, 2.45) is 5.73 Å². The SMILES string of the molecule is NC(=O)CN(CC(=O)O)C(=O)c1cccnc1Br. The topological polar surface area (TPSA) is 114 Å². The van der Waals surface area contributed by atoms with Crippen LogP contribution in [0.2, 0.25) is 0 Å². The molecule has 0 saturated carbocycles. The van der Waals surface area contributed by atoms with Crippen molar-refractivity contribution < 1.29 is 19.5 Å². The molecule has 0 bridgehead atoms. The molecule has 0 aromatic carbocycles. The Kier molecular flexibility index (Phi) is 4.78. The van der Waals surface area contributed by atoms with Gasteiger partial charge in [0.1, 0.15) is 17.7 Å². The molecule has 0 fully saturated rings. The zero-order chi connectivity index (χ0) is 13.7. The van der Waals surface area contributed by atoms with Gasteiger partial charge < -0.3 is 15.7 Å². The molecule has 0 aliphatic carbocycles. The Hall–Kier alpha value is -1.96. The maximum atomic E-state index is 12.0. The van der Waals surface area contributed by atoms with Crippen LogP contribution in [0.4, 0.5) is 0 Å². The molecule has 18 heavy (non-hydrogen) atoms.